The van der Waals surface area contributed by atoms with E-state index in [4.69, 9.17) is 0 Å². The van der Waals surface area contributed by atoms with Crippen LogP contribution in [0.5, 0.6) is 0 Å². The molecule has 2 rings (SSSR count). The second-order valence-electron chi connectivity index (χ2n) is 4.35. The summed E-state index contributed by atoms with van der Waals surface area (Å²) < 4.78 is 2.00. The van der Waals surface area contributed by atoms with Crippen molar-refractivity contribution in [3.05, 3.63) is 18.2 Å². The number of amides is 1. The highest BCUT2D eigenvalue weighted by Crippen LogP contribution is 2.10. The Balaban J connectivity index is 1.83. The van der Waals surface area contributed by atoms with Gasteiger partial charge in [-0.05, 0) is 6.42 Å². The van der Waals surface area contributed by atoms with Gasteiger partial charge in [-0.2, -0.15) is 0 Å². The van der Waals surface area contributed by atoms with Gasteiger partial charge in [0.25, 0.3) is 0 Å². The number of hydrogen-bond acceptors (Lipinski definition) is 3. The summed E-state index contributed by atoms with van der Waals surface area (Å²) in [5.41, 5.74) is 0. The van der Waals surface area contributed by atoms with Crippen molar-refractivity contribution in [1.82, 2.24) is 19.8 Å². The van der Waals surface area contributed by atoms with E-state index in [-0.39, 0.29) is 5.91 Å². The number of imidazole rings is 1. The zero-order chi connectivity index (χ0) is 11.5. The van der Waals surface area contributed by atoms with Crippen molar-refractivity contribution in [3.63, 3.8) is 0 Å². The summed E-state index contributed by atoms with van der Waals surface area (Å²) in [4.78, 5) is 17.4. The molecule has 88 valence electrons. The number of aromatic nitrogens is 2. The number of hydrogen-bond donors (Lipinski definition) is 1. The van der Waals surface area contributed by atoms with Crippen LogP contribution in [0.1, 0.15) is 18.7 Å². The molecular weight excluding hydrogens is 204 g/mol. The van der Waals surface area contributed by atoms with Gasteiger partial charge in [-0.1, -0.05) is 0 Å². The third-order valence-corrected chi connectivity index (χ3v) is 3.10. The molecule has 1 aromatic heterocycles. The lowest BCUT2D eigenvalue weighted by atomic mass is 10.1. The predicted octanol–water partition coefficient (Wildman–Crippen LogP) is 0.130. The first-order chi connectivity index (χ1) is 7.66. The highest BCUT2D eigenvalue weighted by Gasteiger charge is 2.22. The molecule has 1 amide bonds. The number of nitrogens with zero attached hydrogens (tertiary/aromatic N) is 3. The van der Waals surface area contributed by atoms with Crippen LogP contribution in [0.3, 0.4) is 0 Å². The Kier molecular flexibility index (Phi) is 3.24. The topological polar surface area (TPSA) is 50.2 Å². The molecular formula is C11H18N4O. The van der Waals surface area contributed by atoms with Crippen molar-refractivity contribution in [2.45, 2.75) is 25.4 Å². The average molecular weight is 222 g/mol. The predicted molar refractivity (Wildman–Crippen MR) is 60.7 cm³/mol. The van der Waals surface area contributed by atoms with E-state index in [2.05, 4.69) is 10.3 Å². The van der Waals surface area contributed by atoms with E-state index in [1.807, 2.05) is 24.9 Å². The van der Waals surface area contributed by atoms with Gasteiger partial charge in [0, 0.05) is 45.5 Å². The summed E-state index contributed by atoms with van der Waals surface area (Å²) in [6.45, 7) is 1.56. The lowest BCUT2D eigenvalue weighted by Crippen LogP contribution is -2.46. The van der Waals surface area contributed by atoms with Gasteiger partial charge >= 0.3 is 0 Å². The number of likely N-dealkylation sites (tertiary alicyclic amines) is 1. The van der Waals surface area contributed by atoms with E-state index in [0.29, 0.717) is 12.5 Å². The number of rotatable bonds is 3. The maximum absolute atomic E-state index is 11.3. The summed E-state index contributed by atoms with van der Waals surface area (Å²) in [5.74, 6) is 1.27. The molecule has 5 nitrogen and oxygen atoms in total. The van der Waals surface area contributed by atoms with Crippen LogP contribution in [0.4, 0.5) is 0 Å². The standard InChI is InChI=1S/C11H18N4O/c1-14-6-5-12-10(14)7-13-9-3-4-11(16)15(2)8-9/h5-6,9,13H,3-4,7-8H2,1-2H3. The Hall–Kier alpha value is -1.36. The highest BCUT2D eigenvalue weighted by molar-refractivity contribution is 5.76. The van der Waals surface area contributed by atoms with Crippen LogP contribution in [-0.4, -0.2) is 40.0 Å². The van der Waals surface area contributed by atoms with Crippen LogP contribution in [0, 0.1) is 0 Å². The van der Waals surface area contributed by atoms with E-state index < -0.39 is 0 Å². The van der Waals surface area contributed by atoms with Crippen molar-refractivity contribution < 1.29 is 4.79 Å². The molecule has 5 heteroatoms. The first-order valence-electron chi connectivity index (χ1n) is 5.60. The maximum Gasteiger partial charge on any atom is 0.222 e. The van der Waals surface area contributed by atoms with Gasteiger partial charge in [-0.25, -0.2) is 4.98 Å². The third-order valence-electron chi connectivity index (χ3n) is 3.10. The minimum Gasteiger partial charge on any atom is -0.344 e. The molecule has 2 heterocycles. The van der Waals surface area contributed by atoms with Gasteiger partial charge in [-0.3, -0.25) is 4.79 Å². The van der Waals surface area contributed by atoms with E-state index in [1.165, 1.54) is 0 Å². The Morgan fingerprint density at radius 1 is 1.56 bits per heavy atom. The number of carbonyl (C=O) groups is 1. The molecule has 0 aromatic carbocycles. The SMILES string of the molecule is CN1CC(NCc2nccn2C)CCC1=O. The molecule has 1 fully saturated rings. The van der Waals surface area contributed by atoms with Gasteiger partial charge < -0.3 is 14.8 Å². The Labute approximate surface area is 95.5 Å². The van der Waals surface area contributed by atoms with Crippen LogP contribution in [0.2, 0.25) is 0 Å². The molecule has 1 saturated heterocycles. The minimum absolute atomic E-state index is 0.245. The molecule has 1 atom stereocenters. The largest absolute Gasteiger partial charge is 0.344 e. The number of aryl methyl sites for hydroxylation is 1. The van der Waals surface area contributed by atoms with Gasteiger partial charge in [-0.15, -0.1) is 0 Å². The third kappa shape index (κ3) is 2.41. The quantitative estimate of drug-likeness (QED) is 0.791. The van der Waals surface area contributed by atoms with Gasteiger partial charge in [0.15, 0.2) is 0 Å². The van der Waals surface area contributed by atoms with Gasteiger partial charge in [0.1, 0.15) is 5.82 Å². The van der Waals surface area contributed by atoms with Crippen molar-refractivity contribution in [2.75, 3.05) is 13.6 Å². The van der Waals surface area contributed by atoms with E-state index >= 15 is 0 Å². The van der Waals surface area contributed by atoms with Crippen molar-refractivity contribution in [1.29, 1.82) is 0 Å². The molecule has 0 saturated carbocycles. The van der Waals surface area contributed by atoms with Crippen LogP contribution in [-0.2, 0) is 18.4 Å². The highest BCUT2D eigenvalue weighted by atomic mass is 16.2. The molecule has 1 N–H and O–H groups in total. The summed E-state index contributed by atoms with van der Waals surface area (Å²) >= 11 is 0. The van der Waals surface area contributed by atoms with Crippen molar-refractivity contribution >= 4 is 5.91 Å². The molecule has 0 spiro atoms. The fourth-order valence-corrected chi connectivity index (χ4v) is 1.98. The van der Waals surface area contributed by atoms with Crippen molar-refractivity contribution in [2.24, 2.45) is 7.05 Å². The minimum atomic E-state index is 0.245. The number of nitrogens with one attached hydrogen (secondary N) is 1. The zero-order valence-electron chi connectivity index (χ0n) is 9.81. The summed E-state index contributed by atoms with van der Waals surface area (Å²) in [6.07, 6.45) is 5.31. The molecule has 1 aliphatic rings. The second kappa shape index (κ2) is 4.65. The number of carbonyl (C=O) groups excluding carboxylic acids is 1. The monoisotopic (exact) mass is 222 g/mol. The Morgan fingerprint density at radius 2 is 2.38 bits per heavy atom. The van der Waals surface area contributed by atoms with E-state index in [1.54, 1.807) is 11.1 Å². The van der Waals surface area contributed by atoms with E-state index in [0.717, 1.165) is 25.3 Å². The second-order valence-corrected chi connectivity index (χ2v) is 4.35. The smallest absolute Gasteiger partial charge is 0.222 e. The molecule has 16 heavy (non-hydrogen) atoms. The number of piperidine rings is 1. The van der Waals surface area contributed by atoms with E-state index in [9.17, 15) is 4.79 Å². The van der Waals surface area contributed by atoms with Crippen LogP contribution >= 0.6 is 0 Å². The lowest BCUT2D eigenvalue weighted by molar-refractivity contribution is -0.132. The Bertz CT molecular complexity index is 374. The normalized spacial score (nSPS) is 21.5. The fourth-order valence-electron chi connectivity index (χ4n) is 1.98. The zero-order valence-corrected chi connectivity index (χ0v) is 9.81. The first kappa shape index (κ1) is 11.1. The molecule has 1 aromatic rings. The fraction of sp³-hybridized carbons (Fsp3) is 0.636. The van der Waals surface area contributed by atoms with Crippen LogP contribution in [0.15, 0.2) is 12.4 Å². The van der Waals surface area contributed by atoms with Crippen LogP contribution < -0.4 is 5.32 Å². The van der Waals surface area contributed by atoms with Gasteiger partial charge in [0.05, 0.1) is 6.54 Å². The summed E-state index contributed by atoms with van der Waals surface area (Å²) in [7, 11) is 3.84. The summed E-state index contributed by atoms with van der Waals surface area (Å²) in [6, 6.07) is 0.388. The lowest BCUT2D eigenvalue weighted by Gasteiger charge is -2.30. The van der Waals surface area contributed by atoms with Gasteiger partial charge in [0.2, 0.25) is 5.91 Å². The molecule has 0 radical (unpaired) electrons. The summed E-state index contributed by atoms with van der Waals surface area (Å²) in [5, 5.41) is 3.44. The molecule has 0 aliphatic carbocycles. The molecule has 0 bridgehead atoms. The Morgan fingerprint density at radius 3 is 3.00 bits per heavy atom. The number of likely N-dealkylation sites (N-methyl/N-ethyl adjacent to an activating group) is 1. The molecule has 1 aliphatic heterocycles. The van der Waals surface area contributed by atoms with Crippen molar-refractivity contribution in [3.8, 4) is 0 Å². The van der Waals surface area contributed by atoms with Crippen LogP contribution in [0.25, 0.3) is 0 Å². The molecule has 1 unspecified atom stereocenters. The average Bonchev–Trinajstić information content (AvgIpc) is 2.66. The maximum atomic E-state index is 11.3. The first-order valence-corrected chi connectivity index (χ1v) is 5.60.